The van der Waals surface area contributed by atoms with Crippen molar-refractivity contribution >= 4 is 17.3 Å². The van der Waals surface area contributed by atoms with E-state index in [1.165, 1.54) is 24.3 Å². The van der Waals surface area contributed by atoms with E-state index < -0.39 is 4.92 Å². The molecule has 1 saturated heterocycles. The minimum absolute atomic E-state index is 0.0625. The first-order valence-electron chi connectivity index (χ1n) is 9.03. The van der Waals surface area contributed by atoms with E-state index in [2.05, 4.69) is 4.90 Å². The molecule has 0 saturated carbocycles. The lowest BCUT2D eigenvalue weighted by atomic mass is 9.94. The van der Waals surface area contributed by atoms with E-state index >= 15 is 0 Å². The largest absolute Gasteiger partial charge is 0.368 e. The molecule has 142 valence electrons. The monoisotopic (exact) mass is 371 g/mol. The van der Waals surface area contributed by atoms with Crippen LogP contribution < -0.4 is 4.90 Å². The number of carbonyl (C=O) groups is 1. The predicted octanol–water partition coefficient (Wildman–Crippen LogP) is 3.58. The maximum absolute atomic E-state index is 13.1. The van der Waals surface area contributed by atoms with Gasteiger partial charge in [0.15, 0.2) is 0 Å². The highest BCUT2D eigenvalue weighted by Crippen LogP contribution is 2.25. The first-order valence-corrected chi connectivity index (χ1v) is 9.03. The third-order valence-electron chi connectivity index (χ3n) is 5.00. The van der Waals surface area contributed by atoms with E-state index in [1.54, 1.807) is 24.3 Å². The smallest absolute Gasteiger partial charge is 0.269 e. The third-order valence-corrected chi connectivity index (χ3v) is 5.00. The molecule has 1 heterocycles. The van der Waals surface area contributed by atoms with Crippen LogP contribution in [-0.2, 0) is 4.79 Å². The van der Waals surface area contributed by atoms with Crippen LogP contribution in [0.5, 0.6) is 0 Å². The highest BCUT2D eigenvalue weighted by atomic mass is 19.1. The number of piperazine rings is 1. The number of non-ortho nitro benzene ring substituents is 1. The molecular weight excluding hydrogens is 349 g/mol. The van der Waals surface area contributed by atoms with Crippen molar-refractivity contribution in [3.63, 3.8) is 0 Å². The highest BCUT2D eigenvalue weighted by molar-refractivity contribution is 5.84. The molecule has 6 nitrogen and oxygen atoms in total. The van der Waals surface area contributed by atoms with Gasteiger partial charge in [-0.1, -0.05) is 19.1 Å². The molecule has 27 heavy (non-hydrogen) atoms. The Hall–Kier alpha value is -2.96. The molecule has 1 atom stereocenters. The summed E-state index contributed by atoms with van der Waals surface area (Å²) in [5, 5.41) is 10.8. The Morgan fingerprint density at radius 2 is 1.67 bits per heavy atom. The molecule has 1 aliphatic heterocycles. The molecule has 7 heteroatoms. The number of rotatable bonds is 5. The van der Waals surface area contributed by atoms with Crippen molar-refractivity contribution < 1.29 is 14.1 Å². The van der Waals surface area contributed by atoms with Gasteiger partial charge in [-0.05, 0) is 36.2 Å². The summed E-state index contributed by atoms with van der Waals surface area (Å²) in [6.07, 6.45) is 0.660. The average Bonchev–Trinajstić information content (AvgIpc) is 2.70. The van der Waals surface area contributed by atoms with E-state index in [0.29, 0.717) is 32.6 Å². The van der Waals surface area contributed by atoms with E-state index in [1.807, 2.05) is 11.8 Å². The topological polar surface area (TPSA) is 66.7 Å². The number of halogens is 1. The molecule has 0 aliphatic carbocycles. The second kappa shape index (κ2) is 8.16. The lowest BCUT2D eigenvalue weighted by molar-refractivity contribution is -0.384. The summed E-state index contributed by atoms with van der Waals surface area (Å²) in [5.74, 6) is -0.512. The lowest BCUT2D eigenvalue weighted by Gasteiger charge is -2.37. The van der Waals surface area contributed by atoms with Crippen LogP contribution in [0.2, 0.25) is 0 Å². The number of nitro benzene ring substituents is 1. The first kappa shape index (κ1) is 18.8. The summed E-state index contributed by atoms with van der Waals surface area (Å²) in [6, 6.07) is 12.6. The quantitative estimate of drug-likeness (QED) is 0.595. The average molecular weight is 371 g/mol. The zero-order valence-corrected chi connectivity index (χ0v) is 15.2. The zero-order valence-electron chi connectivity index (χ0n) is 15.2. The van der Waals surface area contributed by atoms with Crippen LogP contribution in [-0.4, -0.2) is 41.9 Å². The van der Waals surface area contributed by atoms with Gasteiger partial charge in [-0.25, -0.2) is 4.39 Å². The Balaban J connectivity index is 1.63. The molecule has 1 unspecified atom stereocenters. The van der Waals surface area contributed by atoms with E-state index in [0.717, 1.165) is 11.3 Å². The maximum Gasteiger partial charge on any atom is 0.269 e. The second-order valence-electron chi connectivity index (χ2n) is 6.60. The Bertz CT molecular complexity index is 800. The maximum atomic E-state index is 13.1. The fraction of sp³-hybridized carbons (Fsp3) is 0.350. The van der Waals surface area contributed by atoms with Crippen LogP contribution in [0.15, 0.2) is 48.5 Å². The van der Waals surface area contributed by atoms with Gasteiger partial charge in [0.25, 0.3) is 5.69 Å². The summed E-state index contributed by atoms with van der Waals surface area (Å²) >= 11 is 0. The van der Waals surface area contributed by atoms with Gasteiger partial charge in [0.1, 0.15) is 5.82 Å². The summed E-state index contributed by atoms with van der Waals surface area (Å²) in [7, 11) is 0. The number of amides is 1. The number of benzene rings is 2. The molecule has 0 aromatic heterocycles. The van der Waals surface area contributed by atoms with Crippen molar-refractivity contribution in [2.45, 2.75) is 19.3 Å². The van der Waals surface area contributed by atoms with Crippen LogP contribution in [0.4, 0.5) is 15.8 Å². The number of carbonyl (C=O) groups excluding carboxylic acids is 1. The Morgan fingerprint density at radius 3 is 2.19 bits per heavy atom. The zero-order chi connectivity index (χ0) is 19.4. The van der Waals surface area contributed by atoms with Crippen LogP contribution in [0.25, 0.3) is 0 Å². The Labute approximate surface area is 157 Å². The summed E-state index contributed by atoms with van der Waals surface area (Å²) in [4.78, 5) is 27.2. The van der Waals surface area contributed by atoms with Crippen molar-refractivity contribution in [3.8, 4) is 0 Å². The van der Waals surface area contributed by atoms with Crippen LogP contribution in [0.3, 0.4) is 0 Å². The molecule has 0 spiro atoms. The third kappa shape index (κ3) is 4.24. The van der Waals surface area contributed by atoms with Gasteiger partial charge >= 0.3 is 0 Å². The number of nitro groups is 1. The molecule has 2 aromatic carbocycles. The fourth-order valence-electron chi connectivity index (χ4n) is 3.44. The van der Waals surface area contributed by atoms with Crippen molar-refractivity contribution in [3.05, 3.63) is 70.0 Å². The van der Waals surface area contributed by atoms with E-state index in [4.69, 9.17) is 0 Å². The number of anilines is 1. The second-order valence-corrected chi connectivity index (χ2v) is 6.60. The van der Waals surface area contributed by atoms with Gasteiger partial charge in [-0.2, -0.15) is 0 Å². The minimum atomic E-state index is -0.416. The van der Waals surface area contributed by atoms with Crippen molar-refractivity contribution in [1.82, 2.24) is 4.90 Å². The van der Waals surface area contributed by atoms with Crippen LogP contribution in [0.1, 0.15) is 24.8 Å². The standard InChI is InChI=1S/C20H22FN3O3/c1-2-19(15-3-5-16(21)6-4-15)20(25)23-13-11-22(12-14-23)17-7-9-18(10-8-17)24(26)27/h3-10,19H,2,11-14H2,1H3. The molecule has 3 rings (SSSR count). The van der Waals surface area contributed by atoms with E-state index in [9.17, 15) is 19.3 Å². The van der Waals surface area contributed by atoms with Crippen molar-refractivity contribution in [1.29, 1.82) is 0 Å². The SMILES string of the molecule is CCC(C(=O)N1CCN(c2ccc([N+](=O)[O-])cc2)CC1)c1ccc(F)cc1. The highest BCUT2D eigenvalue weighted by Gasteiger charge is 2.27. The normalized spacial score (nSPS) is 15.5. The Morgan fingerprint density at radius 1 is 1.07 bits per heavy atom. The summed E-state index contributed by atoms with van der Waals surface area (Å²) in [5.41, 5.74) is 1.82. The molecule has 0 bridgehead atoms. The van der Waals surface area contributed by atoms with Gasteiger partial charge in [0, 0.05) is 44.0 Å². The molecular formula is C20H22FN3O3. The number of nitrogens with zero attached hydrogens (tertiary/aromatic N) is 3. The minimum Gasteiger partial charge on any atom is -0.368 e. The summed E-state index contributed by atoms with van der Waals surface area (Å²) in [6.45, 7) is 4.48. The first-order chi connectivity index (χ1) is 13.0. The van der Waals surface area contributed by atoms with Crippen molar-refractivity contribution in [2.75, 3.05) is 31.1 Å². The predicted molar refractivity (Wildman–Crippen MR) is 101 cm³/mol. The van der Waals surface area contributed by atoms with Gasteiger partial charge in [0.2, 0.25) is 5.91 Å². The molecule has 1 aliphatic rings. The van der Waals surface area contributed by atoms with E-state index in [-0.39, 0.29) is 23.3 Å². The van der Waals surface area contributed by atoms with Crippen LogP contribution >= 0.6 is 0 Å². The van der Waals surface area contributed by atoms with Gasteiger partial charge < -0.3 is 9.80 Å². The van der Waals surface area contributed by atoms with Gasteiger partial charge in [-0.3, -0.25) is 14.9 Å². The van der Waals surface area contributed by atoms with Crippen molar-refractivity contribution in [2.24, 2.45) is 0 Å². The van der Waals surface area contributed by atoms with Crippen LogP contribution in [0, 0.1) is 15.9 Å². The number of hydrogen-bond acceptors (Lipinski definition) is 4. The summed E-state index contributed by atoms with van der Waals surface area (Å²) < 4.78 is 13.1. The lowest BCUT2D eigenvalue weighted by Crippen LogP contribution is -2.50. The number of hydrogen-bond donors (Lipinski definition) is 0. The molecule has 0 radical (unpaired) electrons. The molecule has 2 aromatic rings. The molecule has 1 fully saturated rings. The molecule has 1 amide bonds. The van der Waals surface area contributed by atoms with Gasteiger partial charge in [0.05, 0.1) is 10.8 Å². The van der Waals surface area contributed by atoms with Gasteiger partial charge in [-0.15, -0.1) is 0 Å². The Kier molecular flexibility index (Phi) is 5.69. The fourth-order valence-corrected chi connectivity index (χ4v) is 3.44. The molecule has 0 N–H and O–H groups in total.